The predicted molar refractivity (Wildman–Crippen MR) is 125 cm³/mol. The number of fused-ring (bicyclic) bond motifs is 1. The normalized spacial score (nSPS) is 16.3. The Bertz CT molecular complexity index is 1460. The number of amides is 1. The fraction of sp³-hybridized carbons (Fsp3) is 0.391. The number of likely N-dealkylation sites (tertiary alicyclic amines) is 1. The number of aryl methyl sites for hydroxylation is 1. The van der Waals surface area contributed by atoms with E-state index >= 15 is 0 Å². The molecule has 4 aromatic rings. The van der Waals surface area contributed by atoms with Crippen LogP contribution in [-0.2, 0) is 31.9 Å². The van der Waals surface area contributed by atoms with Crippen LogP contribution in [0.1, 0.15) is 18.7 Å². The summed E-state index contributed by atoms with van der Waals surface area (Å²) in [4.78, 5) is 44.0. The third-order valence-corrected chi connectivity index (χ3v) is 6.52. The highest BCUT2D eigenvalue weighted by Crippen LogP contribution is 2.22. The molecule has 1 aliphatic rings. The van der Waals surface area contributed by atoms with Crippen molar-refractivity contribution in [1.82, 2.24) is 38.3 Å². The maximum Gasteiger partial charge on any atom is 0.332 e. The van der Waals surface area contributed by atoms with E-state index in [0.29, 0.717) is 13.1 Å². The molecule has 1 amide bonds. The second-order valence-electron chi connectivity index (χ2n) is 8.76. The summed E-state index contributed by atoms with van der Waals surface area (Å²) in [5.41, 5.74) is 0.630. The number of carbonyl (C=O) groups excluding carboxylic acids is 1. The van der Waals surface area contributed by atoms with E-state index in [9.17, 15) is 14.4 Å². The molecule has 0 spiro atoms. The van der Waals surface area contributed by atoms with Crippen LogP contribution in [0.15, 0.2) is 52.6 Å². The van der Waals surface area contributed by atoms with Gasteiger partial charge in [-0.15, -0.1) is 10.2 Å². The third kappa shape index (κ3) is 3.82. The zero-order valence-electron chi connectivity index (χ0n) is 19.2. The van der Waals surface area contributed by atoms with Crippen LogP contribution in [-0.4, -0.2) is 57.3 Å². The van der Waals surface area contributed by atoms with Gasteiger partial charge >= 0.3 is 5.69 Å². The van der Waals surface area contributed by atoms with Gasteiger partial charge in [0.2, 0.25) is 5.91 Å². The molecule has 34 heavy (non-hydrogen) atoms. The van der Waals surface area contributed by atoms with Crippen LogP contribution in [0, 0.1) is 5.92 Å². The molecule has 4 heterocycles. The van der Waals surface area contributed by atoms with Gasteiger partial charge in [-0.25, -0.2) is 9.78 Å². The lowest BCUT2D eigenvalue weighted by Crippen LogP contribution is -2.42. The number of hydrogen-bond donors (Lipinski definition) is 0. The topological polar surface area (TPSA) is 113 Å². The molecule has 11 nitrogen and oxygen atoms in total. The maximum absolute atomic E-state index is 13.2. The molecule has 1 fully saturated rings. The van der Waals surface area contributed by atoms with Crippen LogP contribution >= 0.6 is 0 Å². The number of aromatic nitrogens is 7. The highest BCUT2D eigenvalue weighted by Gasteiger charge is 2.26. The second kappa shape index (κ2) is 8.73. The zero-order valence-corrected chi connectivity index (χ0v) is 19.2. The standard InChI is InChI=1S/C23H26N8O3/c1-27-21-20(22(33)28(2)23(27)34)30(14-24-21)13-19(32)29-10-6-7-16(12-29)11-18-26-25-15-31(18)17-8-4-3-5-9-17/h3-5,8-9,14-16H,6-7,10-13H2,1-2H3. The Balaban J connectivity index is 1.32. The summed E-state index contributed by atoms with van der Waals surface area (Å²) < 4.78 is 5.87. The number of hydrogen-bond acceptors (Lipinski definition) is 6. The van der Waals surface area contributed by atoms with Gasteiger partial charge in [-0.3, -0.25) is 23.3 Å². The van der Waals surface area contributed by atoms with Gasteiger partial charge in [-0.1, -0.05) is 18.2 Å². The Morgan fingerprint density at radius 1 is 1.09 bits per heavy atom. The largest absolute Gasteiger partial charge is 0.341 e. The van der Waals surface area contributed by atoms with E-state index in [-0.39, 0.29) is 29.5 Å². The lowest BCUT2D eigenvalue weighted by Gasteiger charge is -2.32. The monoisotopic (exact) mass is 462 g/mol. The predicted octanol–water partition coefficient (Wildman–Crippen LogP) is 0.496. The van der Waals surface area contributed by atoms with E-state index in [1.165, 1.54) is 22.5 Å². The first-order valence-electron chi connectivity index (χ1n) is 11.3. The quantitative estimate of drug-likeness (QED) is 0.427. The summed E-state index contributed by atoms with van der Waals surface area (Å²) in [5.74, 6) is 1.05. The molecule has 1 unspecified atom stereocenters. The zero-order chi connectivity index (χ0) is 23.8. The smallest absolute Gasteiger partial charge is 0.332 e. The SMILES string of the molecule is Cn1c(=O)c2c(ncn2CC(=O)N2CCCC(Cc3nncn3-c3ccccc3)C2)n(C)c1=O. The Morgan fingerprint density at radius 3 is 2.68 bits per heavy atom. The lowest BCUT2D eigenvalue weighted by atomic mass is 9.94. The van der Waals surface area contributed by atoms with Crippen molar-refractivity contribution < 1.29 is 4.79 Å². The van der Waals surface area contributed by atoms with E-state index in [1.54, 1.807) is 13.4 Å². The molecule has 0 aliphatic carbocycles. The van der Waals surface area contributed by atoms with Crippen LogP contribution in [0.5, 0.6) is 0 Å². The molecule has 0 radical (unpaired) electrons. The number of rotatable bonds is 5. The summed E-state index contributed by atoms with van der Waals surface area (Å²) in [6.45, 7) is 1.28. The molecular formula is C23H26N8O3. The summed E-state index contributed by atoms with van der Waals surface area (Å²) in [5, 5.41) is 8.41. The number of imidazole rings is 1. The minimum absolute atomic E-state index is 0.00311. The third-order valence-electron chi connectivity index (χ3n) is 6.52. The van der Waals surface area contributed by atoms with Gasteiger partial charge in [0.1, 0.15) is 18.7 Å². The first-order chi connectivity index (χ1) is 16.4. The molecule has 1 atom stereocenters. The molecule has 1 aromatic carbocycles. The molecule has 176 valence electrons. The Hall–Kier alpha value is -4.02. The summed E-state index contributed by atoms with van der Waals surface area (Å²) >= 11 is 0. The number of benzene rings is 1. The van der Waals surface area contributed by atoms with Crippen LogP contribution in [0.4, 0.5) is 0 Å². The van der Waals surface area contributed by atoms with Crippen molar-refractivity contribution in [2.24, 2.45) is 20.0 Å². The van der Waals surface area contributed by atoms with Gasteiger partial charge in [0, 0.05) is 39.3 Å². The van der Waals surface area contributed by atoms with Gasteiger partial charge in [0.25, 0.3) is 5.56 Å². The fourth-order valence-corrected chi connectivity index (χ4v) is 4.68. The van der Waals surface area contributed by atoms with Crippen molar-refractivity contribution in [3.8, 4) is 5.69 Å². The van der Waals surface area contributed by atoms with Crippen LogP contribution in [0.3, 0.4) is 0 Å². The Morgan fingerprint density at radius 2 is 1.88 bits per heavy atom. The Kier molecular flexibility index (Phi) is 5.60. The van der Waals surface area contributed by atoms with Gasteiger partial charge in [0.15, 0.2) is 11.2 Å². The van der Waals surface area contributed by atoms with Crippen molar-refractivity contribution in [2.45, 2.75) is 25.8 Å². The van der Waals surface area contributed by atoms with Crippen LogP contribution in [0.2, 0.25) is 0 Å². The molecular weight excluding hydrogens is 436 g/mol. The van der Waals surface area contributed by atoms with Crippen molar-refractivity contribution in [3.63, 3.8) is 0 Å². The van der Waals surface area contributed by atoms with Crippen molar-refractivity contribution in [1.29, 1.82) is 0 Å². The molecule has 11 heteroatoms. The van der Waals surface area contributed by atoms with Crippen LogP contribution < -0.4 is 11.2 Å². The first-order valence-corrected chi connectivity index (χ1v) is 11.3. The second-order valence-corrected chi connectivity index (χ2v) is 8.76. The highest BCUT2D eigenvalue weighted by molar-refractivity contribution is 5.79. The van der Waals surface area contributed by atoms with E-state index in [4.69, 9.17) is 0 Å². The minimum Gasteiger partial charge on any atom is -0.341 e. The molecule has 1 saturated heterocycles. The first kappa shape index (κ1) is 21.8. The van der Waals surface area contributed by atoms with E-state index < -0.39 is 11.2 Å². The Labute approximate surface area is 194 Å². The highest BCUT2D eigenvalue weighted by atomic mass is 16.2. The van der Waals surface area contributed by atoms with Gasteiger partial charge in [-0.2, -0.15) is 0 Å². The van der Waals surface area contributed by atoms with Crippen molar-refractivity contribution >= 4 is 17.1 Å². The van der Waals surface area contributed by atoms with Gasteiger partial charge < -0.3 is 9.47 Å². The van der Waals surface area contributed by atoms with E-state index in [2.05, 4.69) is 15.2 Å². The van der Waals surface area contributed by atoms with E-state index in [0.717, 1.165) is 35.3 Å². The van der Waals surface area contributed by atoms with Gasteiger partial charge in [0.05, 0.1) is 6.33 Å². The average molecular weight is 463 g/mol. The summed E-state index contributed by atoms with van der Waals surface area (Å²) in [6.07, 6.45) is 5.79. The number of carbonyl (C=O) groups is 1. The molecule has 5 rings (SSSR count). The average Bonchev–Trinajstić information content (AvgIpc) is 3.49. The molecule has 0 saturated carbocycles. The van der Waals surface area contributed by atoms with E-state index in [1.807, 2.05) is 39.8 Å². The summed E-state index contributed by atoms with van der Waals surface area (Å²) in [7, 11) is 2.99. The number of para-hydroxylation sites is 1. The molecule has 1 aliphatic heterocycles. The molecule has 0 N–H and O–H groups in total. The van der Waals surface area contributed by atoms with Crippen LogP contribution in [0.25, 0.3) is 16.9 Å². The number of nitrogens with zero attached hydrogens (tertiary/aromatic N) is 8. The fourth-order valence-electron chi connectivity index (χ4n) is 4.68. The lowest BCUT2D eigenvalue weighted by molar-refractivity contribution is -0.133. The van der Waals surface area contributed by atoms with Crippen molar-refractivity contribution in [2.75, 3.05) is 13.1 Å². The maximum atomic E-state index is 13.2. The summed E-state index contributed by atoms with van der Waals surface area (Å²) in [6, 6.07) is 9.95. The minimum atomic E-state index is -0.458. The number of piperidine rings is 1. The van der Waals surface area contributed by atoms with Crippen molar-refractivity contribution in [3.05, 3.63) is 69.6 Å². The van der Waals surface area contributed by atoms with Gasteiger partial charge in [-0.05, 0) is 30.9 Å². The molecule has 3 aromatic heterocycles. The molecule has 0 bridgehead atoms.